The number of sulfonamides is 1. The highest BCUT2D eigenvalue weighted by molar-refractivity contribution is 7.89. The molecule has 1 aliphatic rings. The number of carbonyl (C=O) groups excluding carboxylic acids is 1. The van der Waals surface area contributed by atoms with Gasteiger partial charge in [-0.2, -0.15) is 9.41 Å². The Balaban J connectivity index is 1.64. The third kappa shape index (κ3) is 5.26. The van der Waals surface area contributed by atoms with E-state index >= 15 is 0 Å². The number of pyridine rings is 1. The average molecular weight is 417 g/mol. The van der Waals surface area contributed by atoms with Gasteiger partial charge in [-0.1, -0.05) is 0 Å². The topological polar surface area (TPSA) is 96.2 Å². The summed E-state index contributed by atoms with van der Waals surface area (Å²) in [6.45, 7) is 1.92. The van der Waals surface area contributed by atoms with Crippen molar-refractivity contribution < 1.29 is 18.1 Å². The highest BCUT2D eigenvalue weighted by Gasteiger charge is 2.31. The lowest BCUT2D eigenvalue weighted by Crippen LogP contribution is -3.10. The van der Waals surface area contributed by atoms with Gasteiger partial charge in [0.1, 0.15) is 0 Å². The number of likely N-dealkylation sites (tertiary alicyclic amines) is 1. The van der Waals surface area contributed by atoms with Crippen LogP contribution < -0.4 is 10.3 Å². The summed E-state index contributed by atoms with van der Waals surface area (Å²) >= 11 is 0. The first kappa shape index (κ1) is 21.1. The Hall–Kier alpha value is -2.62. The van der Waals surface area contributed by atoms with Crippen LogP contribution in [0.25, 0.3) is 0 Å². The van der Waals surface area contributed by atoms with Crippen molar-refractivity contribution >= 4 is 22.1 Å². The monoisotopic (exact) mass is 416 g/mol. The molecule has 2 heterocycles. The molecule has 2 aromatic rings. The molecule has 154 valence electrons. The third-order valence-electron chi connectivity index (χ3n) is 5.20. The Morgan fingerprint density at radius 1 is 1.17 bits per heavy atom. The molecule has 29 heavy (non-hydrogen) atoms. The number of amides is 1. The van der Waals surface area contributed by atoms with E-state index in [1.165, 1.54) is 39.7 Å². The van der Waals surface area contributed by atoms with Gasteiger partial charge in [0.15, 0.2) is 0 Å². The summed E-state index contributed by atoms with van der Waals surface area (Å²) in [5, 5.41) is 3.90. The summed E-state index contributed by atoms with van der Waals surface area (Å²) < 4.78 is 27.3. The standard InChI is InChI=1S/C20H25N5O3S/c1-24-13-9-18(10-14-24)25(2)29(27,28)19-5-3-17(4-6-19)20(26)23-22-15-16-7-11-21-12-8-16/h3-8,11-12,15,18H,9-10,13-14H2,1-2H3,(H,23,26)/p+1/b22-15-. The Labute approximate surface area is 171 Å². The predicted molar refractivity (Wildman–Crippen MR) is 110 cm³/mol. The van der Waals surface area contributed by atoms with Gasteiger partial charge in [-0.3, -0.25) is 9.78 Å². The van der Waals surface area contributed by atoms with E-state index in [1.54, 1.807) is 31.6 Å². The maximum atomic E-state index is 12.9. The van der Waals surface area contributed by atoms with Gasteiger partial charge in [-0.15, -0.1) is 0 Å². The second-order valence-corrected chi connectivity index (χ2v) is 9.21. The summed E-state index contributed by atoms with van der Waals surface area (Å²) in [7, 11) is 0.160. The van der Waals surface area contributed by atoms with Gasteiger partial charge in [0.25, 0.3) is 5.91 Å². The first-order chi connectivity index (χ1) is 13.9. The van der Waals surface area contributed by atoms with Gasteiger partial charge < -0.3 is 4.90 Å². The van der Waals surface area contributed by atoms with E-state index in [9.17, 15) is 13.2 Å². The Bertz CT molecular complexity index is 953. The van der Waals surface area contributed by atoms with E-state index in [0.29, 0.717) is 5.56 Å². The quantitative estimate of drug-likeness (QED) is 0.517. The molecule has 1 aromatic carbocycles. The Kier molecular flexibility index (Phi) is 6.73. The fourth-order valence-corrected chi connectivity index (χ4v) is 4.70. The molecule has 0 spiro atoms. The zero-order chi connectivity index (χ0) is 20.9. The van der Waals surface area contributed by atoms with Crippen molar-refractivity contribution in [3.05, 3.63) is 59.9 Å². The lowest BCUT2D eigenvalue weighted by molar-refractivity contribution is -0.885. The number of nitrogens with one attached hydrogen (secondary N) is 2. The van der Waals surface area contributed by atoms with Crippen LogP contribution >= 0.6 is 0 Å². The first-order valence-electron chi connectivity index (χ1n) is 9.51. The number of aromatic nitrogens is 1. The maximum Gasteiger partial charge on any atom is 0.271 e. The molecule has 1 amide bonds. The molecule has 1 aliphatic heterocycles. The van der Waals surface area contributed by atoms with Crippen molar-refractivity contribution in [3.63, 3.8) is 0 Å². The van der Waals surface area contributed by atoms with Crippen LogP contribution in [0, 0.1) is 0 Å². The van der Waals surface area contributed by atoms with E-state index in [4.69, 9.17) is 0 Å². The molecule has 8 nitrogen and oxygen atoms in total. The molecule has 0 saturated carbocycles. The molecule has 1 aromatic heterocycles. The van der Waals surface area contributed by atoms with Crippen molar-refractivity contribution in [2.45, 2.75) is 23.8 Å². The molecule has 0 radical (unpaired) electrons. The molecular formula is C20H26N5O3S+. The zero-order valence-corrected chi connectivity index (χ0v) is 17.4. The molecule has 0 aliphatic carbocycles. The van der Waals surface area contributed by atoms with E-state index in [2.05, 4.69) is 22.6 Å². The van der Waals surface area contributed by atoms with Gasteiger partial charge in [-0.25, -0.2) is 13.8 Å². The normalized spacial score (nSPS) is 20.1. The van der Waals surface area contributed by atoms with Gasteiger partial charge in [0, 0.05) is 43.9 Å². The average Bonchev–Trinajstić information content (AvgIpc) is 2.74. The van der Waals surface area contributed by atoms with E-state index < -0.39 is 15.9 Å². The number of nitrogens with zero attached hydrogens (tertiary/aromatic N) is 3. The summed E-state index contributed by atoms with van der Waals surface area (Å²) in [5.74, 6) is -0.411. The molecule has 3 rings (SSSR count). The van der Waals surface area contributed by atoms with Crippen LogP contribution in [0.2, 0.25) is 0 Å². The molecule has 1 fully saturated rings. The largest absolute Gasteiger partial charge is 0.337 e. The van der Waals surface area contributed by atoms with Crippen LogP contribution in [-0.4, -0.2) is 63.1 Å². The number of quaternary nitrogens is 1. The van der Waals surface area contributed by atoms with Crippen LogP contribution in [0.5, 0.6) is 0 Å². The minimum absolute atomic E-state index is 0.00852. The number of hydrazone groups is 1. The van der Waals surface area contributed by atoms with Crippen LogP contribution in [0.4, 0.5) is 0 Å². The van der Waals surface area contributed by atoms with E-state index in [0.717, 1.165) is 31.5 Å². The number of carbonyl (C=O) groups is 1. The second kappa shape index (κ2) is 9.25. The third-order valence-corrected chi connectivity index (χ3v) is 7.13. The number of benzene rings is 1. The van der Waals surface area contributed by atoms with Crippen LogP contribution in [0.1, 0.15) is 28.8 Å². The molecule has 1 saturated heterocycles. The Morgan fingerprint density at radius 3 is 2.41 bits per heavy atom. The van der Waals surface area contributed by atoms with Crippen molar-refractivity contribution in [2.75, 3.05) is 27.2 Å². The number of piperidine rings is 1. The summed E-state index contributed by atoms with van der Waals surface area (Å²) in [4.78, 5) is 17.7. The fraction of sp³-hybridized carbons (Fsp3) is 0.350. The SMILES string of the molecule is CN(C1CC[NH+](C)CC1)S(=O)(=O)c1ccc(C(=O)N/N=C\c2ccncc2)cc1. The lowest BCUT2D eigenvalue weighted by Gasteiger charge is -2.32. The van der Waals surface area contributed by atoms with Crippen molar-refractivity contribution in [1.82, 2.24) is 14.7 Å². The zero-order valence-electron chi connectivity index (χ0n) is 16.6. The smallest absolute Gasteiger partial charge is 0.271 e. The van der Waals surface area contributed by atoms with Crippen molar-refractivity contribution in [3.8, 4) is 0 Å². The Morgan fingerprint density at radius 2 is 1.79 bits per heavy atom. The summed E-state index contributed by atoms with van der Waals surface area (Å²) in [6.07, 6.45) is 6.46. The van der Waals surface area contributed by atoms with Gasteiger partial charge in [0.2, 0.25) is 10.0 Å². The van der Waals surface area contributed by atoms with Crippen molar-refractivity contribution in [2.24, 2.45) is 5.10 Å². The van der Waals surface area contributed by atoms with Crippen LogP contribution in [-0.2, 0) is 10.0 Å². The summed E-state index contributed by atoms with van der Waals surface area (Å²) in [6, 6.07) is 9.46. The minimum Gasteiger partial charge on any atom is -0.337 e. The second-order valence-electron chi connectivity index (χ2n) is 7.21. The predicted octanol–water partition coefficient (Wildman–Crippen LogP) is 0.143. The highest BCUT2D eigenvalue weighted by atomic mass is 32.2. The fourth-order valence-electron chi connectivity index (χ4n) is 3.28. The molecule has 0 bridgehead atoms. The molecule has 9 heteroatoms. The molecular weight excluding hydrogens is 390 g/mol. The van der Waals surface area contributed by atoms with Crippen LogP contribution in [0.15, 0.2) is 58.8 Å². The molecule has 0 unspecified atom stereocenters. The maximum absolute atomic E-state index is 12.9. The highest BCUT2D eigenvalue weighted by Crippen LogP contribution is 2.20. The van der Waals surface area contributed by atoms with Crippen LogP contribution in [0.3, 0.4) is 0 Å². The lowest BCUT2D eigenvalue weighted by atomic mass is 10.1. The van der Waals surface area contributed by atoms with Gasteiger partial charge >= 0.3 is 0 Å². The van der Waals surface area contributed by atoms with Gasteiger partial charge in [-0.05, 0) is 42.0 Å². The molecule has 0 atom stereocenters. The van der Waals surface area contributed by atoms with Gasteiger partial charge in [0.05, 0.1) is 31.2 Å². The van der Waals surface area contributed by atoms with E-state index in [1.807, 2.05) is 0 Å². The number of hydrogen-bond donors (Lipinski definition) is 2. The first-order valence-corrected chi connectivity index (χ1v) is 10.9. The number of rotatable bonds is 6. The molecule has 2 N–H and O–H groups in total. The number of hydrogen-bond acceptors (Lipinski definition) is 5. The van der Waals surface area contributed by atoms with Crippen molar-refractivity contribution in [1.29, 1.82) is 0 Å². The minimum atomic E-state index is -3.59. The van der Waals surface area contributed by atoms with E-state index in [-0.39, 0.29) is 10.9 Å². The summed E-state index contributed by atoms with van der Waals surface area (Å²) in [5.41, 5.74) is 3.57.